The number of hydrogen-bond acceptors (Lipinski definition) is 2. The van der Waals surface area contributed by atoms with E-state index in [1.165, 1.54) is 16.7 Å². The smallest absolute Gasteiger partial charge is 0.201 e. The summed E-state index contributed by atoms with van der Waals surface area (Å²) in [5, 5.41) is 0. The van der Waals surface area contributed by atoms with Crippen LogP contribution in [0.25, 0.3) is 11.0 Å². The molecule has 0 spiro atoms. The summed E-state index contributed by atoms with van der Waals surface area (Å²) in [4.78, 5) is 4.44. The molecule has 0 aliphatic rings. The average molecular weight is 265 g/mol. The summed E-state index contributed by atoms with van der Waals surface area (Å²) >= 11 is 0. The third-order valence-corrected chi connectivity index (χ3v) is 3.70. The van der Waals surface area contributed by atoms with Crippen LogP contribution in [-0.2, 0) is 13.0 Å². The van der Waals surface area contributed by atoms with Gasteiger partial charge in [0, 0.05) is 6.54 Å². The van der Waals surface area contributed by atoms with Crippen LogP contribution in [0.1, 0.15) is 16.7 Å². The highest BCUT2D eigenvalue weighted by Gasteiger charge is 2.09. The summed E-state index contributed by atoms with van der Waals surface area (Å²) in [6, 6.07) is 14.8. The molecule has 0 aliphatic carbocycles. The number of aryl methyl sites for hydroxylation is 4. The van der Waals surface area contributed by atoms with Crippen LogP contribution in [0.5, 0.6) is 0 Å². The monoisotopic (exact) mass is 265 g/mol. The number of benzene rings is 2. The van der Waals surface area contributed by atoms with Gasteiger partial charge in [-0.25, -0.2) is 4.98 Å². The van der Waals surface area contributed by atoms with E-state index in [1.54, 1.807) is 0 Å². The first kappa shape index (κ1) is 12.7. The van der Waals surface area contributed by atoms with E-state index in [1.807, 2.05) is 12.1 Å². The molecule has 0 aliphatic heterocycles. The Labute approximate surface area is 119 Å². The number of hydrogen-bond donors (Lipinski definition) is 1. The molecule has 0 unspecified atom stereocenters. The summed E-state index contributed by atoms with van der Waals surface area (Å²) < 4.78 is 2.12. The topological polar surface area (TPSA) is 43.8 Å². The molecule has 2 N–H and O–H groups in total. The number of nitrogen functional groups attached to an aromatic ring is 1. The van der Waals surface area contributed by atoms with Crippen LogP contribution in [0.3, 0.4) is 0 Å². The molecular weight excluding hydrogens is 246 g/mol. The quantitative estimate of drug-likeness (QED) is 0.788. The number of nitrogens with zero attached hydrogens (tertiary/aromatic N) is 2. The van der Waals surface area contributed by atoms with E-state index in [9.17, 15) is 0 Å². The first-order chi connectivity index (χ1) is 9.65. The Bertz CT molecular complexity index is 756. The van der Waals surface area contributed by atoms with E-state index in [0.29, 0.717) is 5.95 Å². The van der Waals surface area contributed by atoms with Crippen molar-refractivity contribution < 1.29 is 0 Å². The Kier molecular flexibility index (Phi) is 3.18. The molecule has 0 fully saturated rings. The molecule has 2 aromatic carbocycles. The van der Waals surface area contributed by atoms with Gasteiger partial charge in [0.15, 0.2) is 0 Å². The largest absolute Gasteiger partial charge is 0.369 e. The van der Waals surface area contributed by atoms with Crippen LogP contribution in [0.4, 0.5) is 5.95 Å². The Morgan fingerprint density at radius 1 is 1.10 bits per heavy atom. The van der Waals surface area contributed by atoms with Crippen molar-refractivity contribution >= 4 is 17.0 Å². The Morgan fingerprint density at radius 2 is 1.90 bits per heavy atom. The first-order valence-electron chi connectivity index (χ1n) is 6.92. The molecule has 3 nitrogen and oxygen atoms in total. The lowest BCUT2D eigenvalue weighted by molar-refractivity contribution is 0.724. The molecule has 3 heteroatoms. The van der Waals surface area contributed by atoms with Crippen LogP contribution in [0.2, 0.25) is 0 Å². The van der Waals surface area contributed by atoms with E-state index < -0.39 is 0 Å². The highest BCUT2D eigenvalue weighted by molar-refractivity contribution is 5.81. The summed E-state index contributed by atoms with van der Waals surface area (Å²) in [5.41, 5.74) is 12.0. The summed E-state index contributed by atoms with van der Waals surface area (Å²) in [5.74, 6) is 0.599. The first-order valence-corrected chi connectivity index (χ1v) is 6.92. The van der Waals surface area contributed by atoms with E-state index in [4.69, 9.17) is 5.73 Å². The molecule has 0 amide bonds. The van der Waals surface area contributed by atoms with E-state index in [2.05, 4.69) is 53.7 Å². The SMILES string of the molecule is Cc1cccc(CCn2c(N)nc3cccc(C)c32)c1. The molecule has 0 radical (unpaired) electrons. The zero-order chi connectivity index (χ0) is 14.1. The van der Waals surface area contributed by atoms with Crippen molar-refractivity contribution in [3.63, 3.8) is 0 Å². The lowest BCUT2D eigenvalue weighted by Crippen LogP contribution is -2.06. The summed E-state index contributed by atoms with van der Waals surface area (Å²) in [6.45, 7) is 5.08. The standard InChI is InChI=1S/C17H19N3/c1-12-5-3-7-14(11-12)9-10-20-16-13(2)6-4-8-15(16)19-17(20)18/h3-8,11H,9-10H2,1-2H3,(H2,18,19). The van der Waals surface area contributed by atoms with E-state index >= 15 is 0 Å². The number of imidazole rings is 1. The maximum atomic E-state index is 6.07. The zero-order valence-corrected chi connectivity index (χ0v) is 11.9. The molecule has 0 saturated carbocycles. The lowest BCUT2D eigenvalue weighted by Gasteiger charge is -2.08. The molecule has 3 aromatic rings. The molecule has 0 saturated heterocycles. The molecule has 1 aromatic heterocycles. The normalized spacial score (nSPS) is 11.1. The molecule has 0 bridgehead atoms. The number of fused-ring (bicyclic) bond motifs is 1. The van der Waals surface area contributed by atoms with Gasteiger partial charge in [-0.15, -0.1) is 0 Å². The number of anilines is 1. The number of aromatic nitrogens is 2. The fraction of sp³-hybridized carbons (Fsp3) is 0.235. The van der Waals surface area contributed by atoms with Crippen LogP contribution >= 0.6 is 0 Å². The van der Waals surface area contributed by atoms with Gasteiger partial charge in [0.1, 0.15) is 0 Å². The van der Waals surface area contributed by atoms with Crippen molar-refractivity contribution in [3.8, 4) is 0 Å². The third kappa shape index (κ3) is 2.27. The third-order valence-electron chi connectivity index (χ3n) is 3.70. The van der Waals surface area contributed by atoms with Crippen molar-refractivity contribution in [2.24, 2.45) is 0 Å². The Balaban J connectivity index is 1.93. The maximum absolute atomic E-state index is 6.07. The van der Waals surface area contributed by atoms with Crippen molar-refractivity contribution in [2.75, 3.05) is 5.73 Å². The van der Waals surface area contributed by atoms with Crippen molar-refractivity contribution in [1.29, 1.82) is 0 Å². The second-order valence-corrected chi connectivity index (χ2v) is 5.30. The Hall–Kier alpha value is -2.29. The van der Waals surface area contributed by atoms with Crippen LogP contribution < -0.4 is 5.73 Å². The lowest BCUT2D eigenvalue weighted by atomic mass is 10.1. The minimum Gasteiger partial charge on any atom is -0.369 e. The maximum Gasteiger partial charge on any atom is 0.201 e. The summed E-state index contributed by atoms with van der Waals surface area (Å²) in [7, 11) is 0. The highest BCUT2D eigenvalue weighted by atomic mass is 15.1. The van der Waals surface area contributed by atoms with Gasteiger partial charge in [0.2, 0.25) is 5.95 Å². The fourth-order valence-corrected chi connectivity index (χ4v) is 2.72. The van der Waals surface area contributed by atoms with Gasteiger partial charge in [-0.2, -0.15) is 0 Å². The van der Waals surface area contributed by atoms with Gasteiger partial charge in [-0.1, -0.05) is 42.0 Å². The second kappa shape index (κ2) is 5.00. The average Bonchev–Trinajstić information content (AvgIpc) is 2.74. The number of nitrogens with two attached hydrogens (primary N) is 1. The van der Waals surface area contributed by atoms with E-state index in [0.717, 1.165) is 24.0 Å². The van der Waals surface area contributed by atoms with Crippen molar-refractivity contribution in [3.05, 3.63) is 59.2 Å². The predicted octanol–water partition coefficient (Wildman–Crippen LogP) is 3.48. The van der Waals surface area contributed by atoms with Crippen LogP contribution in [-0.4, -0.2) is 9.55 Å². The van der Waals surface area contributed by atoms with Gasteiger partial charge in [-0.05, 0) is 37.5 Å². The molecule has 20 heavy (non-hydrogen) atoms. The second-order valence-electron chi connectivity index (χ2n) is 5.30. The summed E-state index contributed by atoms with van der Waals surface area (Å²) in [6.07, 6.45) is 0.964. The molecule has 3 rings (SSSR count). The van der Waals surface area contributed by atoms with Gasteiger partial charge in [0.25, 0.3) is 0 Å². The van der Waals surface area contributed by atoms with E-state index in [-0.39, 0.29) is 0 Å². The minimum absolute atomic E-state index is 0.599. The fourth-order valence-electron chi connectivity index (χ4n) is 2.72. The van der Waals surface area contributed by atoms with Crippen LogP contribution in [0, 0.1) is 13.8 Å². The van der Waals surface area contributed by atoms with Crippen molar-refractivity contribution in [2.45, 2.75) is 26.8 Å². The van der Waals surface area contributed by atoms with Gasteiger partial charge in [0.05, 0.1) is 11.0 Å². The van der Waals surface area contributed by atoms with Crippen molar-refractivity contribution in [1.82, 2.24) is 9.55 Å². The highest BCUT2D eigenvalue weighted by Crippen LogP contribution is 2.21. The number of para-hydroxylation sites is 1. The molecular formula is C17H19N3. The molecule has 102 valence electrons. The minimum atomic E-state index is 0.599. The molecule has 0 atom stereocenters. The van der Waals surface area contributed by atoms with Gasteiger partial charge < -0.3 is 10.3 Å². The van der Waals surface area contributed by atoms with Gasteiger partial charge >= 0.3 is 0 Å². The van der Waals surface area contributed by atoms with Crippen LogP contribution in [0.15, 0.2) is 42.5 Å². The predicted molar refractivity (Wildman–Crippen MR) is 83.8 cm³/mol. The zero-order valence-electron chi connectivity index (χ0n) is 11.9. The van der Waals surface area contributed by atoms with Gasteiger partial charge in [-0.3, -0.25) is 0 Å². The Morgan fingerprint density at radius 3 is 2.70 bits per heavy atom. The molecule has 1 heterocycles. The number of rotatable bonds is 3.